The first-order valence-electron chi connectivity index (χ1n) is 6.12. The van der Waals surface area contributed by atoms with Crippen LogP contribution in [0.2, 0.25) is 0 Å². The van der Waals surface area contributed by atoms with Gasteiger partial charge >= 0.3 is 12.4 Å². The Bertz CT molecular complexity index is 514. The molecule has 138 valence electrons. The van der Waals surface area contributed by atoms with Crippen molar-refractivity contribution in [3.63, 3.8) is 0 Å². The van der Waals surface area contributed by atoms with Crippen molar-refractivity contribution in [1.29, 1.82) is 5.26 Å². The van der Waals surface area contributed by atoms with Gasteiger partial charge in [0.05, 0.1) is 29.8 Å². The SMILES string of the molecule is CC(C)(CC#N)C(F)(F)F.CC(C)(COS(C)(=O)=O)C(F)(F)F. The van der Waals surface area contributed by atoms with E-state index in [-0.39, 0.29) is 0 Å². The van der Waals surface area contributed by atoms with Crippen LogP contribution >= 0.6 is 0 Å². The molecular weight excluding hydrogens is 352 g/mol. The van der Waals surface area contributed by atoms with Crippen molar-refractivity contribution < 1.29 is 38.9 Å². The molecule has 4 nitrogen and oxygen atoms in total. The number of hydrogen-bond donors (Lipinski definition) is 0. The van der Waals surface area contributed by atoms with Crippen molar-refractivity contribution in [2.75, 3.05) is 12.9 Å². The van der Waals surface area contributed by atoms with E-state index in [0.29, 0.717) is 6.26 Å². The average molecular weight is 371 g/mol. The van der Waals surface area contributed by atoms with Crippen molar-refractivity contribution in [1.82, 2.24) is 0 Å². The molecule has 0 unspecified atom stereocenters. The molecule has 23 heavy (non-hydrogen) atoms. The molecule has 0 N–H and O–H groups in total. The van der Waals surface area contributed by atoms with Crippen LogP contribution in [0.5, 0.6) is 0 Å². The molecule has 0 aromatic rings. The molecule has 0 atom stereocenters. The normalized spacial score (nSPS) is 13.8. The second-order valence-electron chi connectivity index (χ2n) is 6.06. The zero-order chi connectivity index (χ0) is 19.3. The van der Waals surface area contributed by atoms with Crippen LogP contribution in [0.15, 0.2) is 0 Å². The summed E-state index contributed by atoms with van der Waals surface area (Å²) in [7, 11) is -3.82. The minimum atomic E-state index is -4.47. The van der Waals surface area contributed by atoms with E-state index in [1.807, 2.05) is 0 Å². The van der Waals surface area contributed by atoms with Gasteiger partial charge in [-0.05, 0) is 13.8 Å². The van der Waals surface area contributed by atoms with E-state index in [2.05, 4.69) is 4.18 Å². The number of hydrogen-bond acceptors (Lipinski definition) is 4. The van der Waals surface area contributed by atoms with Gasteiger partial charge in [-0.2, -0.15) is 40.0 Å². The number of alkyl halides is 6. The molecule has 0 aliphatic heterocycles. The van der Waals surface area contributed by atoms with E-state index in [1.54, 1.807) is 0 Å². The second kappa shape index (κ2) is 7.70. The summed E-state index contributed by atoms with van der Waals surface area (Å²) < 4.78 is 96.9. The van der Waals surface area contributed by atoms with Gasteiger partial charge in [0.15, 0.2) is 0 Å². The van der Waals surface area contributed by atoms with Gasteiger partial charge in [0.1, 0.15) is 0 Å². The molecule has 0 heterocycles. The zero-order valence-corrected chi connectivity index (χ0v) is 14.1. The lowest BCUT2D eigenvalue weighted by Crippen LogP contribution is -2.37. The van der Waals surface area contributed by atoms with Crippen molar-refractivity contribution in [3.05, 3.63) is 0 Å². The van der Waals surface area contributed by atoms with Gasteiger partial charge in [-0.25, -0.2) is 0 Å². The Morgan fingerprint density at radius 2 is 1.26 bits per heavy atom. The standard InChI is InChI=1S/C6H8F3N.C6H11F3O3S/c1-5(2,3-4-10)6(7,8)9;1-5(2,6(7,8)9)4-12-13(3,10)11/h3H2,1-2H3;4H2,1-3H3. The number of halogens is 6. The molecule has 0 saturated heterocycles. The number of nitriles is 1. The zero-order valence-electron chi connectivity index (χ0n) is 13.3. The maximum absolute atomic E-state index is 12.1. The average Bonchev–Trinajstić information content (AvgIpc) is 2.23. The molecule has 0 aromatic heterocycles. The summed E-state index contributed by atoms with van der Waals surface area (Å²) in [4.78, 5) is 0. The summed E-state index contributed by atoms with van der Waals surface area (Å²) in [6.07, 6.45) is -8.53. The van der Waals surface area contributed by atoms with Crippen LogP contribution in [-0.4, -0.2) is 33.6 Å². The van der Waals surface area contributed by atoms with Crippen LogP contribution in [0.4, 0.5) is 26.3 Å². The van der Waals surface area contributed by atoms with Gasteiger partial charge in [-0.3, -0.25) is 4.18 Å². The maximum atomic E-state index is 12.1. The molecule has 0 spiro atoms. The van der Waals surface area contributed by atoms with Crippen LogP contribution in [-0.2, 0) is 14.3 Å². The first-order chi connectivity index (χ1) is 9.77. The number of nitrogens with zero attached hydrogens (tertiary/aromatic N) is 1. The van der Waals surface area contributed by atoms with Crippen LogP contribution < -0.4 is 0 Å². The van der Waals surface area contributed by atoms with Crippen LogP contribution in [0.25, 0.3) is 0 Å². The first-order valence-corrected chi connectivity index (χ1v) is 7.93. The summed E-state index contributed by atoms with van der Waals surface area (Å²) in [5, 5.41) is 8.02. The summed E-state index contributed by atoms with van der Waals surface area (Å²) in [5.74, 6) is 0. The molecule has 0 amide bonds. The van der Waals surface area contributed by atoms with Crippen molar-refractivity contribution in [3.8, 4) is 6.07 Å². The molecule has 0 saturated carbocycles. The molecule has 0 fully saturated rings. The highest BCUT2D eigenvalue weighted by Crippen LogP contribution is 2.39. The molecular formula is C12H19F6NO3S. The predicted octanol–water partition coefficient (Wildman–Crippen LogP) is 4.04. The van der Waals surface area contributed by atoms with E-state index in [0.717, 1.165) is 27.7 Å². The maximum Gasteiger partial charge on any atom is 0.396 e. The smallest absolute Gasteiger partial charge is 0.269 e. The highest BCUT2D eigenvalue weighted by Gasteiger charge is 2.48. The molecule has 0 aromatic carbocycles. The van der Waals surface area contributed by atoms with Crippen LogP contribution in [0, 0.1) is 22.2 Å². The molecule has 0 aliphatic carbocycles. The van der Waals surface area contributed by atoms with E-state index < -0.39 is 46.3 Å². The predicted molar refractivity (Wildman–Crippen MR) is 70.7 cm³/mol. The van der Waals surface area contributed by atoms with Crippen LogP contribution in [0.3, 0.4) is 0 Å². The summed E-state index contributed by atoms with van der Waals surface area (Å²) >= 11 is 0. The third-order valence-corrected chi connectivity index (χ3v) is 3.24. The van der Waals surface area contributed by atoms with E-state index >= 15 is 0 Å². The Morgan fingerprint density at radius 1 is 0.913 bits per heavy atom. The second-order valence-corrected chi connectivity index (χ2v) is 7.71. The molecule has 11 heteroatoms. The molecule has 0 radical (unpaired) electrons. The lowest BCUT2D eigenvalue weighted by molar-refractivity contribution is -0.219. The molecule has 0 rings (SSSR count). The van der Waals surface area contributed by atoms with Gasteiger partial charge in [-0.15, -0.1) is 0 Å². The van der Waals surface area contributed by atoms with Crippen molar-refractivity contribution >= 4 is 10.1 Å². The quantitative estimate of drug-likeness (QED) is 0.553. The lowest BCUT2D eigenvalue weighted by atomic mass is 9.89. The first kappa shape index (κ1) is 24.2. The van der Waals surface area contributed by atoms with E-state index in [4.69, 9.17) is 5.26 Å². The van der Waals surface area contributed by atoms with Gasteiger partial charge in [0.25, 0.3) is 10.1 Å². The fraction of sp³-hybridized carbons (Fsp3) is 0.917. The lowest BCUT2D eigenvalue weighted by Gasteiger charge is -2.26. The largest absolute Gasteiger partial charge is 0.396 e. The highest BCUT2D eigenvalue weighted by molar-refractivity contribution is 7.85. The minimum Gasteiger partial charge on any atom is -0.269 e. The highest BCUT2D eigenvalue weighted by atomic mass is 32.2. The topological polar surface area (TPSA) is 67.2 Å². The summed E-state index contributed by atoms with van der Waals surface area (Å²) in [6.45, 7) is 2.87. The van der Waals surface area contributed by atoms with Gasteiger partial charge < -0.3 is 0 Å². The Balaban J connectivity index is 0. The minimum absolute atomic E-state index is 0.490. The fourth-order valence-corrected chi connectivity index (χ4v) is 1.14. The van der Waals surface area contributed by atoms with Gasteiger partial charge in [0, 0.05) is 6.42 Å². The Morgan fingerprint density at radius 3 is 1.43 bits per heavy atom. The Hall–Kier alpha value is -1.02. The number of rotatable bonds is 4. The van der Waals surface area contributed by atoms with Crippen LogP contribution in [0.1, 0.15) is 34.1 Å². The molecule has 0 bridgehead atoms. The third-order valence-electron chi connectivity index (χ3n) is 2.69. The van der Waals surface area contributed by atoms with Gasteiger partial charge in [-0.1, -0.05) is 13.8 Å². The summed E-state index contributed by atoms with van der Waals surface area (Å²) in [5.41, 5.74) is -4.03. The Kier molecular flexibility index (Phi) is 8.11. The van der Waals surface area contributed by atoms with Gasteiger partial charge in [0.2, 0.25) is 0 Å². The van der Waals surface area contributed by atoms with Crippen molar-refractivity contribution in [2.45, 2.75) is 46.5 Å². The van der Waals surface area contributed by atoms with Crippen molar-refractivity contribution in [2.24, 2.45) is 10.8 Å². The summed E-state index contributed by atoms with van der Waals surface area (Å²) in [6, 6.07) is 1.49. The van der Waals surface area contributed by atoms with E-state index in [9.17, 15) is 34.8 Å². The van der Waals surface area contributed by atoms with E-state index in [1.165, 1.54) is 6.07 Å². The monoisotopic (exact) mass is 371 g/mol. The third kappa shape index (κ3) is 9.65. The Labute approximate surface area is 131 Å². The molecule has 0 aliphatic rings. The fourth-order valence-electron chi connectivity index (χ4n) is 0.634.